The highest BCUT2D eigenvalue weighted by molar-refractivity contribution is 5.67. The van der Waals surface area contributed by atoms with Crippen LogP contribution in [0.5, 0.6) is 0 Å². The molecule has 25 heavy (non-hydrogen) atoms. The summed E-state index contributed by atoms with van der Waals surface area (Å²) in [5.74, 6) is 0.506. The van der Waals surface area contributed by atoms with Crippen molar-refractivity contribution in [1.29, 1.82) is 0 Å². The number of nitrogens with two attached hydrogens (primary N) is 1. The van der Waals surface area contributed by atoms with Crippen LogP contribution in [0.1, 0.15) is 62.8 Å². The van der Waals surface area contributed by atoms with Gasteiger partial charge in [0, 0.05) is 5.41 Å². The largest absolute Gasteiger partial charge is 0.441 e. The van der Waals surface area contributed by atoms with Crippen LogP contribution in [0.4, 0.5) is 4.79 Å². The minimum absolute atomic E-state index is 0.110. The number of hydrogen-bond donors (Lipinski definition) is 1. The number of amides is 1. The highest BCUT2D eigenvalue weighted by atomic mass is 16.6. The van der Waals surface area contributed by atoms with Crippen molar-refractivity contribution in [3.05, 3.63) is 59.2 Å². The second-order valence-electron chi connectivity index (χ2n) is 8.00. The molecule has 0 spiro atoms. The summed E-state index contributed by atoms with van der Waals surface area (Å²) in [7, 11) is 0. The van der Waals surface area contributed by atoms with Crippen LogP contribution in [-0.2, 0) is 11.2 Å². The van der Waals surface area contributed by atoms with Crippen molar-refractivity contribution in [2.75, 3.05) is 0 Å². The van der Waals surface area contributed by atoms with Crippen molar-refractivity contribution in [2.24, 2.45) is 11.1 Å². The summed E-state index contributed by atoms with van der Waals surface area (Å²) in [4.78, 5) is 11.4. The molecule has 1 aliphatic carbocycles. The van der Waals surface area contributed by atoms with Gasteiger partial charge in [-0.05, 0) is 46.6 Å². The van der Waals surface area contributed by atoms with Crippen molar-refractivity contribution >= 4 is 6.09 Å². The van der Waals surface area contributed by atoms with E-state index in [0.29, 0.717) is 5.92 Å². The number of carbonyl (C=O) groups excluding carboxylic acids is 1. The molecule has 1 amide bonds. The van der Waals surface area contributed by atoms with Gasteiger partial charge in [0.1, 0.15) is 6.10 Å². The highest BCUT2D eigenvalue weighted by Crippen LogP contribution is 2.46. The SMILES string of the molecule is CC(C)c1cccc(-c2ccc3c(c2)CCC(C)(C)[C@H]3OC(N)=O)c1. The van der Waals surface area contributed by atoms with E-state index in [0.717, 1.165) is 18.4 Å². The van der Waals surface area contributed by atoms with Gasteiger partial charge in [-0.2, -0.15) is 0 Å². The molecule has 0 unspecified atom stereocenters. The molecule has 132 valence electrons. The first-order valence-electron chi connectivity index (χ1n) is 8.97. The van der Waals surface area contributed by atoms with E-state index in [2.05, 4.69) is 70.2 Å². The number of primary amides is 1. The molecule has 2 N–H and O–H groups in total. The lowest BCUT2D eigenvalue weighted by Crippen LogP contribution is -2.33. The van der Waals surface area contributed by atoms with Gasteiger partial charge in [0.2, 0.25) is 0 Å². The van der Waals surface area contributed by atoms with E-state index in [-0.39, 0.29) is 11.5 Å². The molecular formula is C22H27NO2. The molecule has 0 aromatic heterocycles. The normalized spacial score (nSPS) is 18.7. The van der Waals surface area contributed by atoms with Gasteiger partial charge >= 0.3 is 6.09 Å². The van der Waals surface area contributed by atoms with Gasteiger partial charge in [0.15, 0.2) is 0 Å². The predicted octanol–water partition coefficient (Wildman–Crippen LogP) is 5.59. The van der Waals surface area contributed by atoms with Crippen molar-refractivity contribution in [2.45, 2.75) is 52.6 Å². The van der Waals surface area contributed by atoms with Crippen LogP contribution in [0.25, 0.3) is 11.1 Å². The summed E-state index contributed by atoms with van der Waals surface area (Å²) in [5, 5.41) is 0. The quantitative estimate of drug-likeness (QED) is 0.794. The van der Waals surface area contributed by atoms with E-state index in [4.69, 9.17) is 10.5 Å². The molecule has 3 nitrogen and oxygen atoms in total. The standard InChI is InChI=1S/C22H27NO2/c1-14(2)15-6-5-7-16(12-15)17-8-9-19-18(13-17)10-11-22(3,4)20(19)25-21(23)24/h5-9,12-14,20H,10-11H2,1-4H3,(H2,23,24)/t20-/m0/s1. The number of hydrogen-bond acceptors (Lipinski definition) is 2. The fourth-order valence-electron chi connectivity index (χ4n) is 3.68. The van der Waals surface area contributed by atoms with E-state index in [9.17, 15) is 4.79 Å². The molecule has 0 fully saturated rings. The second kappa shape index (κ2) is 6.55. The number of carbonyl (C=O) groups is 1. The van der Waals surface area contributed by atoms with Crippen LogP contribution >= 0.6 is 0 Å². The Morgan fingerprint density at radius 3 is 2.56 bits per heavy atom. The van der Waals surface area contributed by atoms with E-state index >= 15 is 0 Å². The summed E-state index contributed by atoms with van der Waals surface area (Å²) >= 11 is 0. The maximum absolute atomic E-state index is 11.4. The Balaban J connectivity index is 2.00. The zero-order valence-electron chi connectivity index (χ0n) is 15.5. The maximum atomic E-state index is 11.4. The topological polar surface area (TPSA) is 52.3 Å². The minimum atomic E-state index is -0.709. The Kier molecular flexibility index (Phi) is 4.59. The van der Waals surface area contributed by atoms with E-state index in [1.165, 1.54) is 22.3 Å². The lowest BCUT2D eigenvalue weighted by molar-refractivity contribution is 0.0147. The van der Waals surface area contributed by atoms with Crippen molar-refractivity contribution < 1.29 is 9.53 Å². The Morgan fingerprint density at radius 1 is 1.16 bits per heavy atom. The van der Waals surface area contributed by atoms with E-state index < -0.39 is 6.09 Å². The Morgan fingerprint density at radius 2 is 1.88 bits per heavy atom. The Bertz CT molecular complexity index is 792. The van der Waals surface area contributed by atoms with Gasteiger partial charge in [0.05, 0.1) is 0 Å². The third-order valence-corrected chi connectivity index (χ3v) is 5.29. The van der Waals surface area contributed by atoms with Crippen LogP contribution in [-0.4, -0.2) is 6.09 Å². The molecule has 0 saturated carbocycles. The zero-order valence-corrected chi connectivity index (χ0v) is 15.5. The van der Waals surface area contributed by atoms with E-state index in [1.807, 2.05) is 0 Å². The van der Waals surface area contributed by atoms with Gasteiger partial charge in [-0.1, -0.05) is 70.2 Å². The number of benzene rings is 2. The molecule has 1 aliphatic rings. The van der Waals surface area contributed by atoms with Crippen LogP contribution in [0.3, 0.4) is 0 Å². The molecule has 3 heteroatoms. The number of ether oxygens (including phenoxy) is 1. The Hall–Kier alpha value is -2.29. The molecular weight excluding hydrogens is 310 g/mol. The second-order valence-corrected chi connectivity index (χ2v) is 8.00. The smallest absolute Gasteiger partial charge is 0.405 e. The number of fused-ring (bicyclic) bond motifs is 1. The highest BCUT2D eigenvalue weighted by Gasteiger charge is 2.38. The molecule has 3 rings (SSSR count). The minimum Gasteiger partial charge on any atom is -0.441 e. The zero-order chi connectivity index (χ0) is 18.2. The average Bonchev–Trinajstić information content (AvgIpc) is 2.57. The van der Waals surface area contributed by atoms with Gasteiger partial charge < -0.3 is 10.5 Å². The van der Waals surface area contributed by atoms with Gasteiger partial charge in [-0.25, -0.2) is 4.79 Å². The lowest BCUT2D eigenvalue weighted by Gasteiger charge is -2.39. The maximum Gasteiger partial charge on any atom is 0.405 e. The van der Waals surface area contributed by atoms with Crippen LogP contribution in [0.15, 0.2) is 42.5 Å². The molecule has 2 aromatic rings. The fourth-order valence-corrected chi connectivity index (χ4v) is 3.68. The summed E-state index contributed by atoms with van der Waals surface area (Å²) in [6.07, 6.45) is 0.955. The van der Waals surface area contributed by atoms with Crippen LogP contribution in [0, 0.1) is 5.41 Å². The summed E-state index contributed by atoms with van der Waals surface area (Å²) < 4.78 is 5.47. The monoisotopic (exact) mass is 337 g/mol. The average molecular weight is 337 g/mol. The summed E-state index contributed by atoms with van der Waals surface area (Å²) in [5.41, 5.74) is 11.3. The summed E-state index contributed by atoms with van der Waals surface area (Å²) in [6, 6.07) is 15.2. The third-order valence-electron chi connectivity index (χ3n) is 5.29. The lowest BCUT2D eigenvalue weighted by atomic mass is 9.71. The fraction of sp³-hybridized carbons (Fsp3) is 0.409. The first-order valence-corrected chi connectivity index (χ1v) is 8.97. The third kappa shape index (κ3) is 3.55. The predicted molar refractivity (Wildman–Crippen MR) is 101 cm³/mol. The van der Waals surface area contributed by atoms with E-state index in [1.54, 1.807) is 0 Å². The first kappa shape index (κ1) is 17.5. The molecule has 0 radical (unpaired) electrons. The van der Waals surface area contributed by atoms with Crippen molar-refractivity contribution in [3.8, 4) is 11.1 Å². The van der Waals surface area contributed by atoms with Crippen molar-refractivity contribution in [3.63, 3.8) is 0 Å². The molecule has 0 saturated heterocycles. The van der Waals surface area contributed by atoms with Crippen molar-refractivity contribution in [1.82, 2.24) is 0 Å². The molecule has 0 aliphatic heterocycles. The molecule has 1 atom stereocenters. The number of aryl methyl sites for hydroxylation is 1. The molecule has 2 aromatic carbocycles. The van der Waals surface area contributed by atoms with Crippen LogP contribution in [0.2, 0.25) is 0 Å². The Labute approximate surface area is 150 Å². The van der Waals surface area contributed by atoms with Gasteiger partial charge in [0.25, 0.3) is 0 Å². The number of rotatable bonds is 3. The molecule has 0 bridgehead atoms. The molecule has 0 heterocycles. The first-order chi connectivity index (χ1) is 11.8. The van der Waals surface area contributed by atoms with Crippen LogP contribution < -0.4 is 5.73 Å². The van der Waals surface area contributed by atoms with Gasteiger partial charge in [-0.15, -0.1) is 0 Å². The summed E-state index contributed by atoms with van der Waals surface area (Å²) in [6.45, 7) is 8.67. The van der Waals surface area contributed by atoms with Gasteiger partial charge in [-0.3, -0.25) is 0 Å².